The van der Waals surface area contributed by atoms with Gasteiger partial charge in [-0.1, -0.05) is 37.3 Å². The molecule has 0 N–H and O–H groups in total. The summed E-state index contributed by atoms with van der Waals surface area (Å²) in [7, 11) is 0. The zero-order valence-electron chi connectivity index (χ0n) is 28.9. The molecule has 2 aliphatic heterocycles. The van der Waals surface area contributed by atoms with Crippen molar-refractivity contribution in [3.8, 4) is 11.4 Å². The van der Waals surface area contributed by atoms with Crippen molar-refractivity contribution in [2.75, 3.05) is 49.2 Å². The number of rotatable bonds is 11. The van der Waals surface area contributed by atoms with Gasteiger partial charge in [-0.3, -0.25) is 0 Å². The van der Waals surface area contributed by atoms with Crippen LogP contribution in [0.3, 0.4) is 0 Å². The number of piperazine rings is 1. The lowest BCUT2D eigenvalue weighted by atomic mass is 10.1. The van der Waals surface area contributed by atoms with Crippen molar-refractivity contribution in [3.05, 3.63) is 113 Å². The maximum Gasteiger partial charge on any atom is 0.350 e. The molecule has 0 spiro atoms. The topological polar surface area (TPSA) is 139 Å². The van der Waals surface area contributed by atoms with E-state index in [0.29, 0.717) is 19.8 Å². The van der Waals surface area contributed by atoms with E-state index in [1.54, 1.807) is 32.8 Å². The van der Waals surface area contributed by atoms with Crippen LogP contribution in [0.25, 0.3) is 5.69 Å². The summed E-state index contributed by atoms with van der Waals surface area (Å²) >= 11 is -0.750. The summed E-state index contributed by atoms with van der Waals surface area (Å²) in [5, 5.41) is 12.8. The van der Waals surface area contributed by atoms with Crippen molar-refractivity contribution in [2.45, 2.75) is 51.7 Å². The molecule has 1 unspecified atom stereocenters. The fourth-order valence-electron chi connectivity index (χ4n) is 6.37. The molecule has 0 saturated carbocycles. The third-order valence-electron chi connectivity index (χ3n) is 9.31. The van der Waals surface area contributed by atoms with Crippen molar-refractivity contribution in [1.82, 2.24) is 29.3 Å². The Bertz CT molecular complexity index is 1960. The molecule has 2 fully saturated rings. The Morgan fingerprint density at radius 3 is 2.18 bits per heavy atom. The normalized spacial score (nSPS) is 19.3. The largest absolute Gasteiger partial charge is 0.491 e. The highest BCUT2D eigenvalue weighted by Gasteiger charge is 2.44. The lowest BCUT2D eigenvalue weighted by Gasteiger charge is -2.37. The third kappa shape index (κ3) is 8.11. The molecule has 7 rings (SSSR count). The number of hydrogen-bond donors (Lipinski definition) is 0. The van der Waals surface area contributed by atoms with E-state index >= 15 is 0 Å². The lowest BCUT2D eigenvalue weighted by molar-refractivity contribution is -0.192. The number of anilines is 2. The van der Waals surface area contributed by atoms with Crippen molar-refractivity contribution < 1.29 is 22.6 Å². The van der Waals surface area contributed by atoms with Gasteiger partial charge in [0.25, 0.3) is 0 Å². The van der Waals surface area contributed by atoms with Crippen LogP contribution in [0, 0.1) is 6.92 Å². The van der Waals surface area contributed by atoms with Gasteiger partial charge in [0.15, 0.2) is 0 Å². The van der Waals surface area contributed by atoms with Crippen molar-refractivity contribution >= 4 is 22.9 Å². The van der Waals surface area contributed by atoms with Gasteiger partial charge < -0.3 is 24.0 Å². The Kier molecular flexibility index (Phi) is 11.4. The molecular weight excluding hydrogens is 673 g/mol. The number of aryl methyl sites for hydroxylation is 1. The monoisotopic (exact) mass is 714 g/mol. The molecule has 0 radical (unpaired) electrons. The zero-order chi connectivity index (χ0) is 35.8. The molecular formula is C36H42N8O6S. The number of aromatic nitrogens is 6. The Morgan fingerprint density at radius 2 is 1.53 bits per heavy atom. The van der Waals surface area contributed by atoms with E-state index < -0.39 is 17.4 Å². The highest BCUT2D eigenvalue weighted by atomic mass is 32.1. The van der Waals surface area contributed by atoms with Crippen LogP contribution in [0.2, 0.25) is 0 Å². The van der Waals surface area contributed by atoms with Crippen LogP contribution in [-0.2, 0) is 33.4 Å². The summed E-state index contributed by atoms with van der Waals surface area (Å²) in [4.78, 5) is 19.2. The van der Waals surface area contributed by atoms with Gasteiger partial charge in [0.1, 0.15) is 31.3 Å². The molecule has 5 aromatic rings. The van der Waals surface area contributed by atoms with Crippen molar-refractivity contribution in [3.63, 3.8) is 0 Å². The standard InChI is InChI=1S/C36H42N8O4.O2S/c1-4-28(3)44-35(45)42(26-39-44)31-12-10-30(11-13-31)40-18-20-41(21-19-40)32-14-15-34(27(2)22-32)46-23-33-24-47-36(48-33,25-43-37-16-17-38-43)29-8-6-5-7-9-29;1-3-2/h5-17,22,26,28,33H,4,18-21,23-25H2,1-3H3;/t28?,33-,36-;/m1./s1. The molecule has 2 aromatic heterocycles. The summed E-state index contributed by atoms with van der Waals surface area (Å²) < 4.78 is 38.8. The second kappa shape index (κ2) is 16.3. The van der Waals surface area contributed by atoms with E-state index in [9.17, 15) is 4.79 Å². The Balaban J connectivity index is 0.00000144. The Hall–Kier alpha value is -5.12. The Morgan fingerprint density at radius 1 is 0.902 bits per heavy atom. The minimum absolute atomic E-state index is 0.0710. The van der Waals surface area contributed by atoms with Gasteiger partial charge in [-0.15, -0.1) is 0 Å². The molecule has 0 aliphatic carbocycles. The van der Waals surface area contributed by atoms with Gasteiger partial charge in [-0.2, -0.15) is 28.5 Å². The number of ether oxygens (including phenoxy) is 3. The van der Waals surface area contributed by atoms with E-state index in [0.717, 1.165) is 60.9 Å². The molecule has 15 heteroatoms. The minimum Gasteiger partial charge on any atom is -0.491 e. The third-order valence-corrected chi connectivity index (χ3v) is 9.31. The second-order valence-electron chi connectivity index (χ2n) is 12.5. The predicted molar refractivity (Wildman–Crippen MR) is 192 cm³/mol. The maximum atomic E-state index is 12.8. The smallest absolute Gasteiger partial charge is 0.350 e. The molecule has 268 valence electrons. The second-order valence-corrected chi connectivity index (χ2v) is 12.7. The van der Waals surface area contributed by atoms with Gasteiger partial charge >= 0.3 is 17.3 Å². The number of benzene rings is 3. The summed E-state index contributed by atoms with van der Waals surface area (Å²) in [5.74, 6) is -0.144. The first-order chi connectivity index (χ1) is 24.8. The predicted octanol–water partition coefficient (Wildman–Crippen LogP) is 3.91. The fraction of sp³-hybridized carbons (Fsp3) is 0.389. The number of nitrogens with zero attached hydrogens (tertiary/aromatic N) is 8. The van der Waals surface area contributed by atoms with Crippen LogP contribution in [0.1, 0.15) is 37.4 Å². The lowest BCUT2D eigenvalue weighted by Crippen LogP contribution is -2.46. The van der Waals surface area contributed by atoms with Crippen LogP contribution in [0.5, 0.6) is 5.75 Å². The first-order valence-electron chi connectivity index (χ1n) is 17.0. The van der Waals surface area contributed by atoms with E-state index in [1.165, 1.54) is 5.69 Å². The van der Waals surface area contributed by atoms with Crippen LogP contribution >= 0.6 is 0 Å². The summed E-state index contributed by atoms with van der Waals surface area (Å²) in [5.41, 5.74) is 5.04. The van der Waals surface area contributed by atoms with Gasteiger partial charge in [-0.25, -0.2) is 14.0 Å². The van der Waals surface area contributed by atoms with Crippen LogP contribution in [0.15, 0.2) is 96.3 Å². The fourth-order valence-corrected chi connectivity index (χ4v) is 6.37. The van der Waals surface area contributed by atoms with E-state index in [1.807, 2.05) is 49.4 Å². The summed E-state index contributed by atoms with van der Waals surface area (Å²) in [6.45, 7) is 10.9. The van der Waals surface area contributed by atoms with Crippen molar-refractivity contribution in [2.24, 2.45) is 0 Å². The molecule has 0 amide bonds. The highest BCUT2D eigenvalue weighted by molar-refractivity contribution is 7.51. The highest BCUT2D eigenvalue weighted by Crippen LogP contribution is 2.36. The molecule has 3 aromatic carbocycles. The van der Waals surface area contributed by atoms with E-state index in [-0.39, 0.29) is 17.8 Å². The average Bonchev–Trinajstić information content (AvgIpc) is 3.93. The molecule has 3 atom stereocenters. The zero-order valence-corrected chi connectivity index (χ0v) is 29.7. The average molecular weight is 715 g/mol. The number of hydrogen-bond acceptors (Lipinski definition) is 11. The van der Waals surface area contributed by atoms with Gasteiger partial charge in [0.05, 0.1) is 30.7 Å². The molecule has 0 bridgehead atoms. The molecule has 51 heavy (non-hydrogen) atoms. The molecule has 4 heterocycles. The summed E-state index contributed by atoms with van der Waals surface area (Å²) in [6, 6.07) is 24.5. The van der Waals surface area contributed by atoms with Crippen LogP contribution in [-0.4, -0.2) is 83.3 Å². The SMILES string of the molecule is CCC(C)n1ncn(-c2ccc(N3CCN(c4ccc(OC[C@@H]5CO[C@@](Cn6nccn6)(c6ccccc6)O5)c(C)c4)CC3)cc2)c1=O.O=S=O. The van der Waals surface area contributed by atoms with Crippen LogP contribution < -0.4 is 20.2 Å². The molecule has 2 saturated heterocycles. The van der Waals surface area contributed by atoms with E-state index in [4.69, 9.17) is 22.6 Å². The van der Waals surface area contributed by atoms with E-state index in [2.05, 4.69) is 69.3 Å². The Labute approximate surface area is 299 Å². The first-order valence-corrected chi connectivity index (χ1v) is 17.6. The van der Waals surface area contributed by atoms with Gasteiger partial charge in [0.2, 0.25) is 5.79 Å². The first kappa shape index (κ1) is 35.7. The molecule has 2 aliphatic rings. The molecule has 14 nitrogen and oxygen atoms in total. The van der Waals surface area contributed by atoms with Gasteiger partial charge in [-0.05, 0) is 68.3 Å². The minimum atomic E-state index is -0.978. The van der Waals surface area contributed by atoms with Crippen molar-refractivity contribution in [1.29, 1.82) is 0 Å². The van der Waals surface area contributed by atoms with Crippen LogP contribution in [0.4, 0.5) is 11.4 Å². The maximum absolute atomic E-state index is 12.8. The van der Waals surface area contributed by atoms with Gasteiger partial charge in [0, 0.05) is 43.1 Å². The summed E-state index contributed by atoms with van der Waals surface area (Å²) in [6.07, 6.45) is 5.52. The quantitative estimate of drug-likeness (QED) is 0.197.